The van der Waals surface area contributed by atoms with Gasteiger partial charge in [-0.15, -0.1) is 0 Å². The molecule has 1 atom stereocenters. The normalized spacial score (nSPS) is 16.8. The first kappa shape index (κ1) is 21.6. The van der Waals surface area contributed by atoms with Crippen molar-refractivity contribution in [3.8, 4) is 0 Å². The fourth-order valence-corrected chi connectivity index (χ4v) is 3.04. The van der Waals surface area contributed by atoms with Gasteiger partial charge in [-0.2, -0.15) is 0 Å². The van der Waals surface area contributed by atoms with E-state index >= 15 is 0 Å². The first-order valence-electron chi connectivity index (χ1n) is 9.86. The molecular weight excluding hydrogens is 344 g/mol. The van der Waals surface area contributed by atoms with Gasteiger partial charge in [0.05, 0.1) is 30.7 Å². The van der Waals surface area contributed by atoms with Gasteiger partial charge in [-0.1, -0.05) is 13.8 Å². The van der Waals surface area contributed by atoms with E-state index in [-0.39, 0.29) is 12.0 Å². The Morgan fingerprint density at radius 3 is 2.48 bits per heavy atom. The molecule has 0 spiro atoms. The van der Waals surface area contributed by atoms with E-state index in [1.54, 1.807) is 6.20 Å². The highest BCUT2D eigenvalue weighted by Crippen LogP contribution is 2.17. The summed E-state index contributed by atoms with van der Waals surface area (Å²) in [5, 5.41) is 12.9. The van der Waals surface area contributed by atoms with Crippen molar-refractivity contribution in [3.05, 3.63) is 18.3 Å². The maximum atomic E-state index is 11.8. The third-order valence-electron chi connectivity index (χ3n) is 4.41. The summed E-state index contributed by atoms with van der Waals surface area (Å²) in [6.45, 7) is 12.5. The molecule has 1 saturated heterocycles. The molecule has 1 unspecified atom stereocenters. The number of aliphatic hydroxyl groups is 1. The highest BCUT2D eigenvalue weighted by Gasteiger charge is 2.20. The van der Waals surface area contributed by atoms with Crippen LogP contribution in [0.15, 0.2) is 18.3 Å². The van der Waals surface area contributed by atoms with Gasteiger partial charge in [-0.3, -0.25) is 9.69 Å². The van der Waals surface area contributed by atoms with Crippen LogP contribution in [0.4, 0.5) is 11.5 Å². The molecule has 7 nitrogen and oxygen atoms in total. The third kappa shape index (κ3) is 7.82. The molecule has 2 N–H and O–H groups in total. The van der Waals surface area contributed by atoms with Crippen LogP contribution in [-0.4, -0.2) is 72.4 Å². The maximum absolute atomic E-state index is 11.8. The first-order valence-corrected chi connectivity index (χ1v) is 9.86. The number of pyridine rings is 1. The molecule has 1 aliphatic rings. The zero-order valence-corrected chi connectivity index (χ0v) is 17.0. The van der Waals surface area contributed by atoms with Gasteiger partial charge >= 0.3 is 0 Å². The van der Waals surface area contributed by atoms with Crippen molar-refractivity contribution in [3.63, 3.8) is 0 Å². The Balaban J connectivity index is 1.76. The lowest BCUT2D eigenvalue weighted by atomic mass is 10.1. The maximum Gasteiger partial charge on any atom is 0.224 e. The second-order valence-electron chi connectivity index (χ2n) is 7.87. The van der Waals surface area contributed by atoms with Crippen LogP contribution < -0.4 is 10.2 Å². The van der Waals surface area contributed by atoms with Crippen molar-refractivity contribution in [1.29, 1.82) is 0 Å². The van der Waals surface area contributed by atoms with Gasteiger partial charge in [0.1, 0.15) is 5.82 Å². The number of anilines is 2. The Hall–Kier alpha value is -1.70. The molecular formula is C20H34N4O3. The lowest BCUT2D eigenvalue weighted by Gasteiger charge is -2.36. The minimum absolute atomic E-state index is 0.0215. The van der Waals surface area contributed by atoms with Gasteiger partial charge in [-0.25, -0.2) is 4.98 Å². The zero-order valence-electron chi connectivity index (χ0n) is 17.0. The van der Waals surface area contributed by atoms with Gasteiger partial charge in [-0.05, 0) is 31.9 Å². The van der Waals surface area contributed by atoms with Gasteiger partial charge in [0.2, 0.25) is 5.91 Å². The Morgan fingerprint density at radius 1 is 1.22 bits per heavy atom. The van der Waals surface area contributed by atoms with Crippen LogP contribution >= 0.6 is 0 Å². The number of rotatable bonds is 9. The highest BCUT2D eigenvalue weighted by atomic mass is 16.5. The summed E-state index contributed by atoms with van der Waals surface area (Å²) in [5.74, 6) is 1.28. The van der Waals surface area contributed by atoms with E-state index in [0.29, 0.717) is 25.5 Å². The molecule has 1 amide bonds. The minimum atomic E-state index is -0.453. The molecule has 1 aromatic rings. The minimum Gasteiger partial charge on any atom is -0.389 e. The van der Waals surface area contributed by atoms with Gasteiger partial charge in [0.25, 0.3) is 0 Å². The van der Waals surface area contributed by atoms with E-state index in [0.717, 1.165) is 37.7 Å². The van der Waals surface area contributed by atoms with Crippen LogP contribution in [0, 0.1) is 5.92 Å². The molecule has 7 heteroatoms. The standard InChI is InChI=1S/C20H34N4O3/c1-15(2)11-20(26)22-17-5-6-19(21-12-17)24-9-7-23(8-10-24)13-18(25)14-27-16(3)4/h5-6,12,15-16,18,25H,7-11,13-14H2,1-4H3,(H,22,26). The molecule has 0 aliphatic carbocycles. The van der Waals surface area contributed by atoms with Crippen LogP contribution in [0.3, 0.4) is 0 Å². The summed E-state index contributed by atoms with van der Waals surface area (Å²) in [7, 11) is 0. The quantitative estimate of drug-likeness (QED) is 0.684. The second-order valence-corrected chi connectivity index (χ2v) is 7.87. The number of piperazine rings is 1. The predicted molar refractivity (Wildman–Crippen MR) is 108 cm³/mol. The fraction of sp³-hybridized carbons (Fsp3) is 0.700. The molecule has 2 heterocycles. The molecule has 0 saturated carbocycles. The third-order valence-corrected chi connectivity index (χ3v) is 4.41. The van der Waals surface area contributed by atoms with E-state index in [4.69, 9.17) is 4.74 Å². The van der Waals surface area contributed by atoms with Crippen LogP contribution in [0.5, 0.6) is 0 Å². The van der Waals surface area contributed by atoms with Crippen molar-refractivity contribution in [1.82, 2.24) is 9.88 Å². The van der Waals surface area contributed by atoms with Crippen LogP contribution in [0.1, 0.15) is 34.1 Å². The van der Waals surface area contributed by atoms with E-state index in [1.807, 2.05) is 39.8 Å². The molecule has 27 heavy (non-hydrogen) atoms. The van der Waals surface area contributed by atoms with Gasteiger partial charge in [0, 0.05) is 39.1 Å². The number of carbonyl (C=O) groups excluding carboxylic acids is 1. The molecule has 0 bridgehead atoms. The number of nitrogens with one attached hydrogen (secondary N) is 1. The average Bonchev–Trinajstić information content (AvgIpc) is 2.60. The van der Waals surface area contributed by atoms with Crippen molar-refractivity contribution < 1.29 is 14.6 Å². The van der Waals surface area contributed by atoms with Crippen molar-refractivity contribution in [2.45, 2.75) is 46.3 Å². The lowest BCUT2D eigenvalue weighted by molar-refractivity contribution is -0.116. The Labute approximate surface area is 162 Å². The summed E-state index contributed by atoms with van der Waals surface area (Å²) in [6.07, 6.45) is 1.91. The van der Waals surface area contributed by atoms with Gasteiger partial charge in [0.15, 0.2) is 0 Å². The van der Waals surface area contributed by atoms with Crippen molar-refractivity contribution >= 4 is 17.4 Å². The number of carbonyl (C=O) groups is 1. The summed E-state index contributed by atoms with van der Waals surface area (Å²) >= 11 is 0. The number of hydrogen-bond acceptors (Lipinski definition) is 6. The zero-order chi connectivity index (χ0) is 19.8. The van der Waals surface area contributed by atoms with Crippen LogP contribution in [0.25, 0.3) is 0 Å². The van der Waals surface area contributed by atoms with E-state index in [1.165, 1.54) is 0 Å². The molecule has 0 aromatic carbocycles. The molecule has 1 aromatic heterocycles. The number of β-amino-alcohol motifs (C(OH)–C–C–N with tert-alkyl or cyclic N) is 1. The summed E-state index contributed by atoms with van der Waals surface area (Å²) in [6, 6.07) is 3.85. The van der Waals surface area contributed by atoms with E-state index in [2.05, 4.69) is 20.1 Å². The van der Waals surface area contributed by atoms with Crippen molar-refractivity contribution in [2.24, 2.45) is 5.92 Å². The van der Waals surface area contributed by atoms with E-state index < -0.39 is 6.10 Å². The number of nitrogens with zero attached hydrogens (tertiary/aromatic N) is 3. The Kier molecular flexibility index (Phi) is 8.47. The number of hydrogen-bond donors (Lipinski definition) is 2. The second kappa shape index (κ2) is 10.6. The van der Waals surface area contributed by atoms with Crippen LogP contribution in [-0.2, 0) is 9.53 Å². The summed E-state index contributed by atoms with van der Waals surface area (Å²) in [5.41, 5.74) is 0.733. The Morgan fingerprint density at radius 2 is 1.93 bits per heavy atom. The summed E-state index contributed by atoms with van der Waals surface area (Å²) < 4.78 is 5.47. The molecule has 0 radical (unpaired) electrons. The monoisotopic (exact) mass is 378 g/mol. The molecule has 1 fully saturated rings. The largest absolute Gasteiger partial charge is 0.389 e. The molecule has 1 aliphatic heterocycles. The lowest BCUT2D eigenvalue weighted by Crippen LogP contribution is -2.49. The SMILES string of the molecule is CC(C)CC(=O)Nc1ccc(N2CCN(CC(O)COC(C)C)CC2)nc1. The number of aliphatic hydroxyl groups excluding tert-OH is 1. The molecule has 152 valence electrons. The number of aromatic nitrogens is 1. The topological polar surface area (TPSA) is 77.9 Å². The highest BCUT2D eigenvalue weighted by molar-refractivity contribution is 5.90. The Bertz CT molecular complexity index is 569. The predicted octanol–water partition coefficient (Wildman–Crippen LogP) is 1.97. The molecule has 2 rings (SSSR count). The van der Waals surface area contributed by atoms with Crippen molar-refractivity contribution in [2.75, 3.05) is 49.5 Å². The van der Waals surface area contributed by atoms with E-state index in [9.17, 15) is 9.90 Å². The summed E-state index contributed by atoms with van der Waals surface area (Å²) in [4.78, 5) is 20.8. The average molecular weight is 379 g/mol. The number of ether oxygens (including phenoxy) is 1. The van der Waals surface area contributed by atoms with Gasteiger partial charge < -0.3 is 20.1 Å². The number of amides is 1. The first-order chi connectivity index (χ1) is 12.8. The van der Waals surface area contributed by atoms with Crippen LogP contribution in [0.2, 0.25) is 0 Å². The fourth-order valence-electron chi connectivity index (χ4n) is 3.04. The smallest absolute Gasteiger partial charge is 0.224 e.